The molecule has 25 heavy (non-hydrogen) atoms. The van der Waals surface area contributed by atoms with Gasteiger partial charge in [-0.1, -0.05) is 28.1 Å². The Morgan fingerprint density at radius 1 is 1.04 bits per heavy atom. The molecule has 0 saturated heterocycles. The molecule has 2 N–H and O–H groups in total. The summed E-state index contributed by atoms with van der Waals surface area (Å²) in [5.74, 6) is 0.225. The quantitative estimate of drug-likeness (QED) is 0.673. The van der Waals surface area contributed by atoms with E-state index in [1.165, 1.54) is 0 Å². The molecule has 0 aliphatic carbocycles. The van der Waals surface area contributed by atoms with Crippen LogP contribution in [0.4, 0.5) is 17.2 Å². The fraction of sp³-hybridized carbons (Fsp3) is 0. The molecule has 3 rings (SSSR count). The molecule has 0 saturated carbocycles. The number of nitrogens with zero attached hydrogens (tertiary/aromatic N) is 2. The number of carbonyl (C=O) groups excluding carboxylic acids is 1. The summed E-state index contributed by atoms with van der Waals surface area (Å²) >= 11 is 3.34. The number of aromatic nitrogens is 1. The SMILES string of the molecule is N#Cc1ccccc1Nc1ccc(NC(=O)c2ccc(Br)cc2)nc1. The average molecular weight is 393 g/mol. The second-order valence-corrected chi connectivity index (χ2v) is 6.09. The van der Waals surface area contributed by atoms with Crippen molar-refractivity contribution in [2.75, 3.05) is 10.6 Å². The molecule has 0 atom stereocenters. The van der Waals surface area contributed by atoms with Gasteiger partial charge in [0.05, 0.1) is 23.1 Å². The number of carbonyl (C=O) groups is 1. The summed E-state index contributed by atoms with van der Waals surface area (Å²) in [6, 6.07) is 19.9. The van der Waals surface area contributed by atoms with E-state index >= 15 is 0 Å². The van der Waals surface area contributed by atoms with E-state index in [4.69, 9.17) is 5.26 Å². The second kappa shape index (κ2) is 7.60. The maximum absolute atomic E-state index is 12.2. The number of amides is 1. The molecule has 0 unspecified atom stereocenters. The first kappa shape index (κ1) is 16.7. The predicted molar refractivity (Wildman–Crippen MR) is 101 cm³/mol. The van der Waals surface area contributed by atoms with Gasteiger partial charge in [-0.25, -0.2) is 4.98 Å². The number of pyridine rings is 1. The van der Waals surface area contributed by atoms with Crippen LogP contribution in [0.3, 0.4) is 0 Å². The number of hydrogen-bond acceptors (Lipinski definition) is 4. The number of anilines is 3. The summed E-state index contributed by atoms with van der Waals surface area (Å²) in [5, 5.41) is 15.0. The van der Waals surface area contributed by atoms with E-state index in [9.17, 15) is 4.79 Å². The van der Waals surface area contributed by atoms with E-state index in [2.05, 4.69) is 37.6 Å². The molecule has 0 aliphatic rings. The highest BCUT2D eigenvalue weighted by molar-refractivity contribution is 9.10. The lowest BCUT2D eigenvalue weighted by Crippen LogP contribution is -2.12. The molecule has 0 radical (unpaired) electrons. The Labute approximate surface area is 153 Å². The molecule has 0 fully saturated rings. The minimum Gasteiger partial charge on any atom is -0.353 e. The Morgan fingerprint density at radius 2 is 1.80 bits per heavy atom. The van der Waals surface area contributed by atoms with Crippen LogP contribution in [0.2, 0.25) is 0 Å². The minimum absolute atomic E-state index is 0.226. The van der Waals surface area contributed by atoms with Crippen molar-refractivity contribution in [3.63, 3.8) is 0 Å². The van der Waals surface area contributed by atoms with Gasteiger partial charge < -0.3 is 10.6 Å². The van der Waals surface area contributed by atoms with Gasteiger partial charge in [-0.2, -0.15) is 5.26 Å². The van der Waals surface area contributed by atoms with Crippen LogP contribution in [-0.2, 0) is 0 Å². The number of nitrogens with one attached hydrogen (secondary N) is 2. The first-order valence-electron chi connectivity index (χ1n) is 7.45. The van der Waals surface area contributed by atoms with Gasteiger partial charge in [-0.05, 0) is 48.5 Å². The minimum atomic E-state index is -0.226. The molecule has 0 spiro atoms. The van der Waals surface area contributed by atoms with Gasteiger partial charge >= 0.3 is 0 Å². The van der Waals surface area contributed by atoms with E-state index in [-0.39, 0.29) is 5.91 Å². The Morgan fingerprint density at radius 3 is 2.48 bits per heavy atom. The molecule has 1 amide bonds. The first-order valence-corrected chi connectivity index (χ1v) is 8.24. The van der Waals surface area contributed by atoms with E-state index in [1.54, 1.807) is 36.5 Å². The third-order valence-electron chi connectivity index (χ3n) is 3.44. The molecule has 2 aromatic carbocycles. The smallest absolute Gasteiger partial charge is 0.256 e. The molecular weight excluding hydrogens is 380 g/mol. The Hall–Kier alpha value is -3.17. The number of halogens is 1. The third kappa shape index (κ3) is 4.22. The normalized spacial score (nSPS) is 9.92. The number of benzene rings is 2. The zero-order valence-electron chi connectivity index (χ0n) is 13.0. The van der Waals surface area contributed by atoms with Crippen molar-refractivity contribution in [1.82, 2.24) is 4.98 Å². The van der Waals surface area contributed by atoms with Gasteiger partial charge in [0, 0.05) is 10.0 Å². The number of para-hydroxylation sites is 1. The van der Waals surface area contributed by atoms with Crippen molar-refractivity contribution in [1.29, 1.82) is 5.26 Å². The molecule has 0 aliphatic heterocycles. The van der Waals surface area contributed by atoms with Crippen LogP contribution in [0.1, 0.15) is 15.9 Å². The van der Waals surface area contributed by atoms with Gasteiger partial charge in [-0.3, -0.25) is 4.79 Å². The van der Waals surface area contributed by atoms with Crippen molar-refractivity contribution in [2.24, 2.45) is 0 Å². The lowest BCUT2D eigenvalue weighted by Gasteiger charge is -2.09. The molecule has 5 nitrogen and oxygen atoms in total. The average Bonchev–Trinajstić information content (AvgIpc) is 2.64. The topological polar surface area (TPSA) is 77.8 Å². The van der Waals surface area contributed by atoms with Gasteiger partial charge in [0.25, 0.3) is 5.91 Å². The van der Waals surface area contributed by atoms with Gasteiger partial charge in [-0.15, -0.1) is 0 Å². The Kier molecular flexibility index (Phi) is 5.07. The third-order valence-corrected chi connectivity index (χ3v) is 3.97. The summed E-state index contributed by atoms with van der Waals surface area (Å²) in [6.45, 7) is 0. The monoisotopic (exact) mass is 392 g/mol. The van der Waals surface area contributed by atoms with E-state index in [0.29, 0.717) is 22.6 Å². The molecule has 3 aromatic rings. The van der Waals surface area contributed by atoms with Crippen LogP contribution in [0.15, 0.2) is 71.3 Å². The highest BCUT2D eigenvalue weighted by Crippen LogP contribution is 2.20. The molecule has 0 bridgehead atoms. The van der Waals surface area contributed by atoms with Crippen LogP contribution < -0.4 is 10.6 Å². The summed E-state index contributed by atoms with van der Waals surface area (Å²) < 4.78 is 0.912. The summed E-state index contributed by atoms with van der Waals surface area (Å²) in [4.78, 5) is 16.4. The van der Waals surface area contributed by atoms with Crippen LogP contribution in [-0.4, -0.2) is 10.9 Å². The summed E-state index contributed by atoms with van der Waals surface area (Å²) in [5.41, 5.74) is 2.54. The molecule has 1 heterocycles. The number of hydrogen-bond donors (Lipinski definition) is 2. The van der Waals surface area contributed by atoms with Crippen LogP contribution >= 0.6 is 15.9 Å². The van der Waals surface area contributed by atoms with E-state index < -0.39 is 0 Å². The molecule has 6 heteroatoms. The Bertz CT molecular complexity index is 931. The Balaban J connectivity index is 1.69. The maximum Gasteiger partial charge on any atom is 0.256 e. The highest BCUT2D eigenvalue weighted by atomic mass is 79.9. The van der Waals surface area contributed by atoms with E-state index in [0.717, 1.165) is 10.2 Å². The van der Waals surface area contributed by atoms with E-state index in [1.807, 2.05) is 30.3 Å². The standard InChI is InChI=1S/C19H13BrN4O/c20-15-7-5-13(6-8-15)19(25)24-18-10-9-16(12-22-18)23-17-4-2-1-3-14(17)11-21/h1-10,12,23H,(H,22,24,25). The summed E-state index contributed by atoms with van der Waals surface area (Å²) in [7, 11) is 0. The molecular formula is C19H13BrN4O. The van der Waals surface area contributed by atoms with Crippen LogP contribution in [0, 0.1) is 11.3 Å². The number of rotatable bonds is 4. The lowest BCUT2D eigenvalue weighted by atomic mass is 10.2. The highest BCUT2D eigenvalue weighted by Gasteiger charge is 2.07. The van der Waals surface area contributed by atoms with Gasteiger partial charge in [0.1, 0.15) is 11.9 Å². The van der Waals surface area contributed by atoms with Crippen molar-refractivity contribution >= 4 is 39.0 Å². The zero-order chi connectivity index (χ0) is 17.6. The maximum atomic E-state index is 12.2. The molecule has 122 valence electrons. The number of nitriles is 1. The van der Waals surface area contributed by atoms with Crippen molar-refractivity contribution in [3.05, 3.63) is 82.5 Å². The lowest BCUT2D eigenvalue weighted by molar-refractivity contribution is 0.102. The van der Waals surface area contributed by atoms with Gasteiger partial charge in [0.2, 0.25) is 0 Å². The van der Waals surface area contributed by atoms with Crippen molar-refractivity contribution in [2.45, 2.75) is 0 Å². The molecule has 1 aromatic heterocycles. The second-order valence-electron chi connectivity index (χ2n) is 5.18. The fourth-order valence-electron chi connectivity index (χ4n) is 2.18. The van der Waals surface area contributed by atoms with Crippen molar-refractivity contribution < 1.29 is 4.79 Å². The predicted octanol–water partition coefficient (Wildman–Crippen LogP) is 4.71. The zero-order valence-corrected chi connectivity index (χ0v) is 14.6. The van der Waals surface area contributed by atoms with Crippen LogP contribution in [0.5, 0.6) is 0 Å². The largest absolute Gasteiger partial charge is 0.353 e. The van der Waals surface area contributed by atoms with Crippen molar-refractivity contribution in [3.8, 4) is 6.07 Å². The summed E-state index contributed by atoms with van der Waals surface area (Å²) in [6.07, 6.45) is 1.60. The van der Waals surface area contributed by atoms with Crippen LogP contribution in [0.25, 0.3) is 0 Å². The first-order chi connectivity index (χ1) is 12.2. The fourth-order valence-corrected chi connectivity index (χ4v) is 2.44. The van der Waals surface area contributed by atoms with Gasteiger partial charge in [0.15, 0.2) is 0 Å².